The molecule has 0 amide bonds. The van der Waals surface area contributed by atoms with E-state index in [1.807, 2.05) is 6.92 Å². The molecular formula is C12H13BrFN3O. The van der Waals surface area contributed by atoms with Gasteiger partial charge in [-0.15, -0.1) is 10.2 Å². The third-order valence-corrected chi connectivity index (χ3v) is 3.26. The molecule has 6 heteroatoms. The summed E-state index contributed by atoms with van der Waals surface area (Å²) in [5.74, 6) is 0.520. The van der Waals surface area contributed by atoms with Crippen molar-refractivity contribution in [2.45, 2.75) is 26.5 Å². The zero-order valence-corrected chi connectivity index (χ0v) is 11.5. The topological polar surface area (TPSA) is 50.9 Å². The molecule has 1 aromatic carbocycles. The Kier molecular flexibility index (Phi) is 4.08. The highest BCUT2D eigenvalue weighted by molar-refractivity contribution is 9.10. The van der Waals surface area contributed by atoms with Gasteiger partial charge in [0.15, 0.2) is 11.6 Å². The Bertz CT molecular complexity index is 536. The van der Waals surface area contributed by atoms with Crippen molar-refractivity contribution in [1.82, 2.24) is 14.8 Å². The fourth-order valence-corrected chi connectivity index (χ4v) is 2.33. The Morgan fingerprint density at radius 2 is 2.17 bits per heavy atom. The average molecular weight is 314 g/mol. The van der Waals surface area contributed by atoms with Crippen LogP contribution < -0.4 is 0 Å². The molecule has 0 radical (unpaired) electrons. The smallest absolute Gasteiger partial charge is 0.168 e. The number of nitrogens with zero attached hydrogens (tertiary/aromatic N) is 3. The van der Waals surface area contributed by atoms with Crippen molar-refractivity contribution >= 4 is 15.9 Å². The van der Waals surface area contributed by atoms with Gasteiger partial charge in [-0.2, -0.15) is 0 Å². The lowest BCUT2D eigenvalue weighted by Crippen LogP contribution is -2.06. The van der Waals surface area contributed by atoms with Gasteiger partial charge in [0, 0.05) is 11.0 Å². The van der Waals surface area contributed by atoms with Gasteiger partial charge < -0.3 is 9.67 Å². The Morgan fingerprint density at radius 3 is 2.78 bits per heavy atom. The molecule has 1 aromatic heterocycles. The van der Waals surface area contributed by atoms with E-state index in [4.69, 9.17) is 0 Å². The van der Waals surface area contributed by atoms with Gasteiger partial charge in [-0.05, 0) is 34.5 Å². The largest absolute Gasteiger partial charge is 0.388 e. The van der Waals surface area contributed by atoms with E-state index in [0.29, 0.717) is 28.2 Å². The molecule has 0 bridgehead atoms. The molecule has 96 valence electrons. The number of aliphatic hydroxyl groups excluding tert-OH is 1. The van der Waals surface area contributed by atoms with E-state index in [0.717, 1.165) is 6.42 Å². The Labute approximate surface area is 113 Å². The second-order valence-electron chi connectivity index (χ2n) is 3.85. The third kappa shape index (κ3) is 2.30. The summed E-state index contributed by atoms with van der Waals surface area (Å²) >= 11 is 3.32. The van der Waals surface area contributed by atoms with Crippen LogP contribution in [-0.4, -0.2) is 19.9 Å². The molecule has 0 unspecified atom stereocenters. The first-order valence-corrected chi connectivity index (χ1v) is 6.45. The number of hydrogen-bond donors (Lipinski definition) is 1. The summed E-state index contributed by atoms with van der Waals surface area (Å²) in [4.78, 5) is 0. The second kappa shape index (κ2) is 5.58. The van der Waals surface area contributed by atoms with Gasteiger partial charge in [0.05, 0.1) is 5.56 Å². The van der Waals surface area contributed by atoms with E-state index >= 15 is 0 Å². The van der Waals surface area contributed by atoms with Crippen molar-refractivity contribution < 1.29 is 9.50 Å². The molecule has 0 saturated carbocycles. The number of aliphatic hydroxyl groups is 1. The summed E-state index contributed by atoms with van der Waals surface area (Å²) in [6, 6.07) is 4.75. The van der Waals surface area contributed by atoms with Gasteiger partial charge in [-0.1, -0.05) is 13.0 Å². The van der Waals surface area contributed by atoms with Crippen LogP contribution in [0.2, 0.25) is 0 Å². The standard InChI is InChI=1S/C12H13BrFN3O/c1-2-6-17-10(7-18)15-16-12(17)11-8(13)4-3-5-9(11)14/h3-5,18H,2,6-7H2,1H3. The quantitative estimate of drug-likeness (QED) is 0.944. The summed E-state index contributed by atoms with van der Waals surface area (Å²) in [5.41, 5.74) is 0.373. The molecule has 18 heavy (non-hydrogen) atoms. The molecule has 2 aromatic rings. The normalized spacial score (nSPS) is 10.9. The van der Waals surface area contributed by atoms with Gasteiger partial charge in [-0.3, -0.25) is 0 Å². The zero-order chi connectivity index (χ0) is 13.1. The van der Waals surface area contributed by atoms with Gasteiger partial charge in [0.1, 0.15) is 12.4 Å². The summed E-state index contributed by atoms with van der Waals surface area (Å²) < 4.78 is 16.3. The molecule has 0 saturated heterocycles. The predicted octanol–water partition coefficient (Wildman–Crippen LogP) is 2.75. The molecule has 2 rings (SSSR count). The number of benzene rings is 1. The Hall–Kier alpha value is -1.27. The summed E-state index contributed by atoms with van der Waals surface area (Å²) in [6.07, 6.45) is 0.851. The maximum absolute atomic E-state index is 13.9. The highest BCUT2D eigenvalue weighted by Gasteiger charge is 2.18. The van der Waals surface area contributed by atoms with Crippen LogP contribution in [0.5, 0.6) is 0 Å². The molecular weight excluding hydrogens is 301 g/mol. The van der Waals surface area contributed by atoms with Gasteiger partial charge in [-0.25, -0.2) is 4.39 Å². The molecule has 0 fully saturated rings. The van der Waals surface area contributed by atoms with Crippen molar-refractivity contribution in [1.29, 1.82) is 0 Å². The lowest BCUT2D eigenvalue weighted by molar-refractivity contribution is 0.264. The van der Waals surface area contributed by atoms with Crippen LogP contribution in [0, 0.1) is 5.82 Å². The summed E-state index contributed by atoms with van der Waals surface area (Å²) in [6.45, 7) is 2.43. The molecule has 1 N–H and O–H groups in total. The number of aromatic nitrogens is 3. The SMILES string of the molecule is CCCn1c(CO)nnc1-c1c(F)cccc1Br. The van der Waals surface area contributed by atoms with Crippen LogP contribution in [0.4, 0.5) is 4.39 Å². The average Bonchev–Trinajstić information content (AvgIpc) is 2.73. The van der Waals surface area contributed by atoms with Crippen molar-refractivity contribution in [3.05, 3.63) is 34.3 Å². The minimum Gasteiger partial charge on any atom is -0.388 e. The molecule has 0 aliphatic carbocycles. The molecule has 0 aliphatic heterocycles. The van der Waals surface area contributed by atoms with E-state index in [1.165, 1.54) is 6.07 Å². The van der Waals surface area contributed by atoms with E-state index in [9.17, 15) is 9.50 Å². The van der Waals surface area contributed by atoms with Crippen LogP contribution in [0.25, 0.3) is 11.4 Å². The number of halogens is 2. The molecule has 0 spiro atoms. The zero-order valence-electron chi connectivity index (χ0n) is 9.90. The second-order valence-corrected chi connectivity index (χ2v) is 4.70. The number of hydrogen-bond acceptors (Lipinski definition) is 3. The fraction of sp³-hybridized carbons (Fsp3) is 0.333. The van der Waals surface area contributed by atoms with Gasteiger partial charge in [0.2, 0.25) is 0 Å². The van der Waals surface area contributed by atoms with E-state index < -0.39 is 0 Å². The molecule has 0 aliphatic rings. The van der Waals surface area contributed by atoms with Crippen LogP contribution >= 0.6 is 15.9 Å². The van der Waals surface area contributed by atoms with Crippen molar-refractivity contribution in [3.63, 3.8) is 0 Å². The Morgan fingerprint density at radius 1 is 1.39 bits per heavy atom. The number of rotatable bonds is 4. The Balaban J connectivity index is 2.60. The minimum atomic E-state index is -0.362. The first-order chi connectivity index (χ1) is 8.69. The fourth-order valence-electron chi connectivity index (χ4n) is 1.81. The molecule has 0 atom stereocenters. The van der Waals surface area contributed by atoms with Crippen molar-refractivity contribution in [3.8, 4) is 11.4 Å². The maximum Gasteiger partial charge on any atom is 0.168 e. The van der Waals surface area contributed by atoms with E-state index in [2.05, 4.69) is 26.1 Å². The van der Waals surface area contributed by atoms with Crippen molar-refractivity contribution in [2.24, 2.45) is 0 Å². The first kappa shape index (κ1) is 13.2. The maximum atomic E-state index is 13.9. The first-order valence-electron chi connectivity index (χ1n) is 5.66. The summed E-state index contributed by atoms with van der Waals surface area (Å²) in [7, 11) is 0. The lowest BCUT2D eigenvalue weighted by Gasteiger charge is -2.09. The highest BCUT2D eigenvalue weighted by Crippen LogP contribution is 2.30. The van der Waals surface area contributed by atoms with Gasteiger partial charge >= 0.3 is 0 Å². The summed E-state index contributed by atoms with van der Waals surface area (Å²) in [5, 5.41) is 17.1. The van der Waals surface area contributed by atoms with E-state index in [-0.39, 0.29) is 12.4 Å². The molecule has 1 heterocycles. The van der Waals surface area contributed by atoms with Crippen LogP contribution in [-0.2, 0) is 13.2 Å². The van der Waals surface area contributed by atoms with Crippen LogP contribution in [0.15, 0.2) is 22.7 Å². The monoisotopic (exact) mass is 313 g/mol. The minimum absolute atomic E-state index is 0.209. The highest BCUT2D eigenvalue weighted by atomic mass is 79.9. The molecule has 4 nitrogen and oxygen atoms in total. The van der Waals surface area contributed by atoms with Crippen molar-refractivity contribution in [2.75, 3.05) is 0 Å². The van der Waals surface area contributed by atoms with E-state index in [1.54, 1.807) is 16.7 Å². The third-order valence-electron chi connectivity index (χ3n) is 2.60. The van der Waals surface area contributed by atoms with Crippen LogP contribution in [0.3, 0.4) is 0 Å². The van der Waals surface area contributed by atoms with Gasteiger partial charge in [0.25, 0.3) is 0 Å². The predicted molar refractivity (Wildman–Crippen MR) is 69.3 cm³/mol. The lowest BCUT2D eigenvalue weighted by atomic mass is 10.2. The van der Waals surface area contributed by atoms with Crippen LogP contribution in [0.1, 0.15) is 19.2 Å².